The summed E-state index contributed by atoms with van der Waals surface area (Å²) >= 11 is 1.98. The number of rotatable bonds is 5. The van der Waals surface area contributed by atoms with E-state index in [1.54, 1.807) is 0 Å². The van der Waals surface area contributed by atoms with E-state index >= 15 is 0 Å². The second-order valence-corrected chi connectivity index (χ2v) is 6.45. The second kappa shape index (κ2) is 6.06. The Morgan fingerprint density at radius 1 is 1.39 bits per heavy atom. The van der Waals surface area contributed by atoms with E-state index in [-0.39, 0.29) is 0 Å². The highest BCUT2D eigenvalue weighted by Crippen LogP contribution is 2.32. The topological polar surface area (TPSA) is 42.2 Å². The summed E-state index contributed by atoms with van der Waals surface area (Å²) in [6.45, 7) is 4.91. The van der Waals surface area contributed by atoms with Gasteiger partial charge in [-0.3, -0.25) is 4.90 Å². The van der Waals surface area contributed by atoms with Crippen molar-refractivity contribution < 1.29 is 4.42 Å². The molecular weight excluding hydrogens is 246 g/mol. The molecule has 0 aromatic carbocycles. The van der Waals surface area contributed by atoms with Crippen LogP contribution in [0.3, 0.4) is 0 Å². The molecule has 5 heteroatoms. The largest absolute Gasteiger partial charge is 0.424 e. The quantitative estimate of drug-likeness (QED) is 0.822. The molecule has 0 aliphatic heterocycles. The van der Waals surface area contributed by atoms with Crippen LogP contribution in [0.2, 0.25) is 0 Å². The van der Waals surface area contributed by atoms with Gasteiger partial charge in [0.25, 0.3) is 0 Å². The van der Waals surface area contributed by atoms with Gasteiger partial charge in [-0.15, -0.1) is 10.2 Å². The first-order valence-corrected chi connectivity index (χ1v) is 7.96. The van der Waals surface area contributed by atoms with Gasteiger partial charge < -0.3 is 4.42 Å². The molecule has 2 atom stereocenters. The van der Waals surface area contributed by atoms with Crippen molar-refractivity contribution in [3.05, 3.63) is 11.8 Å². The van der Waals surface area contributed by atoms with Crippen molar-refractivity contribution in [3.63, 3.8) is 0 Å². The normalized spacial score (nSPS) is 24.3. The van der Waals surface area contributed by atoms with E-state index in [0.29, 0.717) is 12.0 Å². The average Bonchev–Trinajstić information content (AvgIpc) is 2.96. The van der Waals surface area contributed by atoms with Crippen LogP contribution in [0, 0.1) is 0 Å². The summed E-state index contributed by atoms with van der Waals surface area (Å²) in [5.41, 5.74) is 0. The number of thioether (sulfide) groups is 1. The molecule has 0 unspecified atom stereocenters. The molecule has 0 bridgehead atoms. The van der Waals surface area contributed by atoms with E-state index in [1.165, 1.54) is 19.3 Å². The minimum Gasteiger partial charge on any atom is -0.424 e. The average molecular weight is 269 g/mol. The van der Waals surface area contributed by atoms with Crippen LogP contribution < -0.4 is 0 Å². The molecule has 0 amide bonds. The van der Waals surface area contributed by atoms with Gasteiger partial charge in [0.05, 0.1) is 6.54 Å². The highest BCUT2D eigenvalue weighted by Gasteiger charge is 2.30. The number of hydrogen-bond donors (Lipinski definition) is 0. The third-order valence-corrected chi connectivity index (χ3v) is 4.80. The zero-order chi connectivity index (χ0) is 13.1. The number of aromatic nitrogens is 2. The van der Waals surface area contributed by atoms with Crippen molar-refractivity contribution in [2.24, 2.45) is 0 Å². The van der Waals surface area contributed by atoms with Gasteiger partial charge in [0, 0.05) is 17.2 Å². The number of nitrogens with zero attached hydrogens (tertiary/aromatic N) is 3. The summed E-state index contributed by atoms with van der Waals surface area (Å²) in [6, 6.07) is 0.648. The van der Waals surface area contributed by atoms with Crippen molar-refractivity contribution in [2.45, 2.75) is 56.9 Å². The van der Waals surface area contributed by atoms with Crippen molar-refractivity contribution in [1.82, 2.24) is 15.1 Å². The van der Waals surface area contributed by atoms with Crippen molar-refractivity contribution in [2.75, 3.05) is 13.3 Å². The molecule has 1 aliphatic rings. The number of hydrogen-bond acceptors (Lipinski definition) is 5. The highest BCUT2D eigenvalue weighted by molar-refractivity contribution is 7.99. The summed E-state index contributed by atoms with van der Waals surface area (Å²) in [6.07, 6.45) is 6.16. The first-order valence-electron chi connectivity index (χ1n) is 6.67. The standard InChI is InChI=1S/C13H23N3OS/c1-9(2)13-15-14-12(17-13)8-16(3)10-6-5-7-11(10)18-4/h9-11H,5-8H2,1-4H3/t10-,11+/m0/s1. The molecule has 0 spiro atoms. The zero-order valence-corrected chi connectivity index (χ0v) is 12.5. The minimum absolute atomic E-state index is 0.307. The molecule has 1 fully saturated rings. The Labute approximate surface area is 114 Å². The van der Waals surface area contributed by atoms with Crippen LogP contribution in [0.25, 0.3) is 0 Å². The predicted molar refractivity (Wildman–Crippen MR) is 74.8 cm³/mol. The third kappa shape index (κ3) is 3.06. The Morgan fingerprint density at radius 2 is 2.17 bits per heavy atom. The lowest BCUT2D eigenvalue weighted by atomic mass is 10.2. The van der Waals surface area contributed by atoms with Crippen LogP contribution in [0.1, 0.15) is 50.8 Å². The maximum absolute atomic E-state index is 5.67. The maximum Gasteiger partial charge on any atom is 0.230 e. The monoisotopic (exact) mass is 269 g/mol. The lowest BCUT2D eigenvalue weighted by Crippen LogP contribution is -2.35. The van der Waals surface area contributed by atoms with Crippen molar-refractivity contribution in [3.8, 4) is 0 Å². The maximum atomic E-state index is 5.67. The molecule has 1 aliphatic carbocycles. The predicted octanol–water partition coefficient (Wildman–Crippen LogP) is 2.91. The Balaban J connectivity index is 1.95. The fourth-order valence-electron chi connectivity index (χ4n) is 2.58. The van der Waals surface area contributed by atoms with Gasteiger partial charge in [-0.1, -0.05) is 20.3 Å². The van der Waals surface area contributed by atoms with Gasteiger partial charge in [-0.05, 0) is 26.1 Å². The second-order valence-electron chi connectivity index (χ2n) is 5.38. The van der Waals surface area contributed by atoms with Crippen LogP contribution in [0.5, 0.6) is 0 Å². The van der Waals surface area contributed by atoms with Crippen LogP contribution in [-0.4, -0.2) is 39.7 Å². The van der Waals surface area contributed by atoms with Crippen LogP contribution >= 0.6 is 11.8 Å². The molecule has 1 aromatic rings. The Kier molecular flexibility index (Phi) is 4.67. The summed E-state index contributed by atoms with van der Waals surface area (Å²) in [5, 5.41) is 8.97. The van der Waals surface area contributed by atoms with Gasteiger partial charge in [0.1, 0.15) is 0 Å². The Morgan fingerprint density at radius 3 is 2.78 bits per heavy atom. The van der Waals surface area contributed by atoms with Crippen LogP contribution in [0.15, 0.2) is 4.42 Å². The van der Waals surface area contributed by atoms with Crippen molar-refractivity contribution in [1.29, 1.82) is 0 Å². The molecule has 18 heavy (non-hydrogen) atoms. The van der Waals surface area contributed by atoms with E-state index in [1.807, 2.05) is 11.8 Å². The summed E-state index contributed by atoms with van der Waals surface area (Å²) in [7, 11) is 2.17. The smallest absolute Gasteiger partial charge is 0.230 e. The van der Waals surface area contributed by atoms with Gasteiger partial charge in [0.2, 0.25) is 11.8 Å². The van der Waals surface area contributed by atoms with E-state index < -0.39 is 0 Å². The summed E-state index contributed by atoms with van der Waals surface area (Å²) < 4.78 is 5.67. The molecule has 1 aromatic heterocycles. The third-order valence-electron chi connectivity index (χ3n) is 3.65. The molecule has 102 valence electrons. The van der Waals surface area contributed by atoms with E-state index in [0.717, 1.165) is 23.6 Å². The SMILES string of the molecule is CS[C@@H]1CCC[C@@H]1N(C)Cc1nnc(C(C)C)o1. The Hall–Kier alpha value is -0.550. The summed E-state index contributed by atoms with van der Waals surface area (Å²) in [4.78, 5) is 2.37. The first kappa shape index (κ1) is 13.9. The lowest BCUT2D eigenvalue weighted by Gasteiger charge is -2.27. The zero-order valence-electron chi connectivity index (χ0n) is 11.7. The fourth-order valence-corrected chi connectivity index (χ4v) is 3.64. The van der Waals surface area contributed by atoms with Gasteiger partial charge in [-0.25, -0.2) is 0 Å². The van der Waals surface area contributed by atoms with E-state index in [4.69, 9.17) is 4.42 Å². The summed E-state index contributed by atoms with van der Waals surface area (Å²) in [5.74, 6) is 1.79. The van der Waals surface area contributed by atoms with E-state index in [9.17, 15) is 0 Å². The van der Waals surface area contributed by atoms with Crippen LogP contribution in [-0.2, 0) is 6.54 Å². The molecule has 2 rings (SSSR count). The molecule has 0 N–H and O–H groups in total. The first-order chi connectivity index (χ1) is 8.61. The molecule has 1 heterocycles. The van der Waals surface area contributed by atoms with E-state index in [2.05, 4.69) is 42.2 Å². The molecule has 0 saturated heterocycles. The molecule has 0 radical (unpaired) electrons. The Bertz CT molecular complexity index is 380. The lowest BCUT2D eigenvalue weighted by molar-refractivity contribution is 0.216. The molecule has 1 saturated carbocycles. The van der Waals surface area contributed by atoms with Gasteiger partial charge in [-0.2, -0.15) is 11.8 Å². The highest BCUT2D eigenvalue weighted by atomic mass is 32.2. The fraction of sp³-hybridized carbons (Fsp3) is 0.846. The van der Waals surface area contributed by atoms with Crippen LogP contribution in [0.4, 0.5) is 0 Å². The van der Waals surface area contributed by atoms with Gasteiger partial charge >= 0.3 is 0 Å². The molecule has 4 nitrogen and oxygen atoms in total. The molecular formula is C13H23N3OS. The minimum atomic E-state index is 0.307. The van der Waals surface area contributed by atoms with Crippen molar-refractivity contribution >= 4 is 11.8 Å². The van der Waals surface area contributed by atoms with Gasteiger partial charge in [0.15, 0.2) is 0 Å².